The Morgan fingerprint density at radius 2 is 2.35 bits per heavy atom. The Morgan fingerprint density at radius 1 is 1.60 bits per heavy atom. The van der Waals surface area contributed by atoms with Crippen LogP contribution in [0.25, 0.3) is 0 Å². The highest BCUT2D eigenvalue weighted by atomic mass is 32.2. The van der Waals surface area contributed by atoms with Crippen molar-refractivity contribution in [2.24, 2.45) is 11.7 Å². The van der Waals surface area contributed by atoms with Crippen molar-refractivity contribution in [2.45, 2.75) is 50.0 Å². The molecule has 0 aromatic carbocycles. The quantitative estimate of drug-likeness (QED) is 0.858. The van der Waals surface area contributed by atoms with Crippen LogP contribution in [-0.2, 0) is 10.0 Å². The molecule has 0 saturated heterocycles. The second kappa shape index (κ2) is 5.83. The predicted octanol–water partition coefficient (Wildman–Crippen LogP) is 1.33. The third-order valence-electron chi connectivity index (χ3n) is 4.32. The van der Waals surface area contributed by atoms with Gasteiger partial charge in [0.05, 0.1) is 6.20 Å². The molecule has 1 heterocycles. The molecule has 2 unspecified atom stereocenters. The molecular weight excluding hydrogens is 276 g/mol. The van der Waals surface area contributed by atoms with Crippen LogP contribution in [0, 0.1) is 5.92 Å². The van der Waals surface area contributed by atoms with Crippen molar-refractivity contribution in [2.75, 3.05) is 13.1 Å². The van der Waals surface area contributed by atoms with Crippen LogP contribution in [0.4, 0.5) is 0 Å². The first kappa shape index (κ1) is 15.5. The van der Waals surface area contributed by atoms with Crippen molar-refractivity contribution >= 4 is 10.0 Å². The SMILES string of the molecule is CCN(C1(CN)CCCC(C)C1)S(=O)(=O)c1cn[nH]c1. The zero-order valence-corrected chi connectivity index (χ0v) is 13.0. The number of aromatic amines is 1. The van der Waals surface area contributed by atoms with E-state index in [0.29, 0.717) is 19.0 Å². The lowest BCUT2D eigenvalue weighted by molar-refractivity contribution is 0.113. The van der Waals surface area contributed by atoms with Gasteiger partial charge in [-0.2, -0.15) is 9.40 Å². The first-order valence-electron chi connectivity index (χ1n) is 7.18. The molecule has 1 aromatic heterocycles. The highest BCUT2D eigenvalue weighted by Gasteiger charge is 2.44. The molecule has 0 aliphatic heterocycles. The molecule has 1 saturated carbocycles. The van der Waals surface area contributed by atoms with E-state index in [1.165, 1.54) is 12.4 Å². The van der Waals surface area contributed by atoms with Crippen molar-refractivity contribution < 1.29 is 8.42 Å². The number of nitrogens with one attached hydrogen (secondary N) is 1. The molecule has 1 aromatic rings. The summed E-state index contributed by atoms with van der Waals surface area (Å²) in [5.74, 6) is 0.501. The summed E-state index contributed by atoms with van der Waals surface area (Å²) in [6.07, 6.45) is 6.61. The van der Waals surface area contributed by atoms with Gasteiger partial charge in [0.2, 0.25) is 10.0 Å². The maximum atomic E-state index is 12.8. The molecule has 1 fully saturated rings. The fraction of sp³-hybridized carbons (Fsp3) is 0.769. The van der Waals surface area contributed by atoms with E-state index in [4.69, 9.17) is 5.73 Å². The standard InChI is InChI=1S/C13H24N4O2S/c1-3-17(20(18,19)12-8-15-16-9-12)13(10-14)6-4-5-11(2)7-13/h8-9,11H,3-7,10,14H2,1-2H3,(H,15,16). The van der Waals surface area contributed by atoms with E-state index in [1.807, 2.05) is 6.92 Å². The van der Waals surface area contributed by atoms with E-state index < -0.39 is 15.6 Å². The van der Waals surface area contributed by atoms with Gasteiger partial charge in [-0.25, -0.2) is 8.42 Å². The van der Waals surface area contributed by atoms with Gasteiger partial charge >= 0.3 is 0 Å². The smallest absolute Gasteiger partial charge is 0.246 e. The number of nitrogens with two attached hydrogens (primary N) is 1. The van der Waals surface area contributed by atoms with E-state index >= 15 is 0 Å². The van der Waals surface area contributed by atoms with Crippen molar-refractivity contribution in [3.63, 3.8) is 0 Å². The first-order valence-corrected chi connectivity index (χ1v) is 8.62. The molecule has 0 spiro atoms. The predicted molar refractivity (Wildman–Crippen MR) is 77.6 cm³/mol. The van der Waals surface area contributed by atoms with E-state index in [1.54, 1.807) is 4.31 Å². The maximum Gasteiger partial charge on any atom is 0.246 e. The number of rotatable bonds is 5. The summed E-state index contributed by atoms with van der Waals surface area (Å²) >= 11 is 0. The van der Waals surface area contributed by atoms with E-state index in [-0.39, 0.29) is 4.90 Å². The summed E-state index contributed by atoms with van der Waals surface area (Å²) in [4.78, 5) is 0.213. The second-order valence-electron chi connectivity index (χ2n) is 5.73. The zero-order chi connectivity index (χ0) is 14.8. The number of aromatic nitrogens is 2. The Kier molecular flexibility index (Phi) is 4.51. The molecule has 7 heteroatoms. The number of hydrogen-bond acceptors (Lipinski definition) is 4. The Bertz CT molecular complexity index is 529. The Labute approximate surface area is 120 Å². The fourth-order valence-corrected chi connectivity index (χ4v) is 5.15. The van der Waals surface area contributed by atoms with Gasteiger partial charge in [0, 0.05) is 24.8 Å². The van der Waals surface area contributed by atoms with Crippen LogP contribution in [0.2, 0.25) is 0 Å². The van der Waals surface area contributed by atoms with Crippen molar-refractivity contribution in [1.29, 1.82) is 0 Å². The van der Waals surface area contributed by atoms with Crippen LogP contribution in [0.5, 0.6) is 0 Å². The van der Waals surface area contributed by atoms with Gasteiger partial charge in [0.25, 0.3) is 0 Å². The van der Waals surface area contributed by atoms with Gasteiger partial charge in [-0.3, -0.25) is 5.10 Å². The summed E-state index contributed by atoms with van der Waals surface area (Å²) in [6.45, 7) is 4.83. The van der Waals surface area contributed by atoms with Gasteiger partial charge in [-0.05, 0) is 18.8 Å². The molecule has 0 amide bonds. The lowest BCUT2D eigenvalue weighted by atomic mass is 9.76. The van der Waals surface area contributed by atoms with Gasteiger partial charge in [0.1, 0.15) is 4.90 Å². The largest absolute Gasteiger partial charge is 0.329 e. The van der Waals surface area contributed by atoms with Crippen LogP contribution >= 0.6 is 0 Å². The van der Waals surface area contributed by atoms with Gasteiger partial charge in [0.15, 0.2) is 0 Å². The lowest BCUT2D eigenvalue weighted by Gasteiger charge is -2.46. The molecular formula is C13H24N4O2S. The monoisotopic (exact) mass is 300 g/mol. The summed E-state index contributed by atoms with van der Waals surface area (Å²) in [7, 11) is -3.54. The normalized spacial score (nSPS) is 27.9. The molecule has 114 valence electrons. The minimum absolute atomic E-state index is 0.213. The Hall–Kier alpha value is -0.920. The van der Waals surface area contributed by atoms with E-state index in [2.05, 4.69) is 17.1 Å². The fourth-order valence-electron chi connectivity index (χ4n) is 3.41. The zero-order valence-electron chi connectivity index (χ0n) is 12.2. The van der Waals surface area contributed by atoms with Crippen molar-refractivity contribution in [1.82, 2.24) is 14.5 Å². The molecule has 2 atom stereocenters. The molecule has 2 rings (SSSR count). The minimum atomic E-state index is -3.54. The molecule has 6 nitrogen and oxygen atoms in total. The topological polar surface area (TPSA) is 92.1 Å². The highest BCUT2D eigenvalue weighted by Crippen LogP contribution is 2.38. The van der Waals surface area contributed by atoms with Crippen molar-refractivity contribution in [3.05, 3.63) is 12.4 Å². The van der Waals surface area contributed by atoms with E-state index in [0.717, 1.165) is 25.7 Å². The van der Waals surface area contributed by atoms with Gasteiger partial charge in [-0.15, -0.1) is 0 Å². The Morgan fingerprint density at radius 3 is 2.85 bits per heavy atom. The minimum Gasteiger partial charge on any atom is -0.329 e. The molecule has 1 aliphatic rings. The number of likely N-dealkylation sites (N-methyl/N-ethyl adjacent to an activating group) is 1. The third kappa shape index (κ3) is 2.62. The number of hydrogen-bond donors (Lipinski definition) is 2. The lowest BCUT2D eigenvalue weighted by Crippen LogP contribution is -2.58. The van der Waals surface area contributed by atoms with Crippen LogP contribution in [-0.4, -0.2) is 41.5 Å². The second-order valence-corrected chi connectivity index (χ2v) is 7.60. The van der Waals surface area contributed by atoms with Crippen LogP contribution in [0.1, 0.15) is 39.5 Å². The van der Waals surface area contributed by atoms with Crippen LogP contribution < -0.4 is 5.73 Å². The number of nitrogens with zero attached hydrogens (tertiary/aromatic N) is 2. The van der Waals surface area contributed by atoms with Crippen molar-refractivity contribution in [3.8, 4) is 0 Å². The molecule has 0 radical (unpaired) electrons. The van der Waals surface area contributed by atoms with Gasteiger partial charge in [-0.1, -0.05) is 26.7 Å². The molecule has 20 heavy (non-hydrogen) atoms. The maximum absolute atomic E-state index is 12.8. The summed E-state index contributed by atoms with van der Waals surface area (Å²) in [5.41, 5.74) is 5.54. The van der Waals surface area contributed by atoms with E-state index in [9.17, 15) is 8.42 Å². The summed E-state index contributed by atoms with van der Waals surface area (Å²) < 4.78 is 27.2. The summed E-state index contributed by atoms with van der Waals surface area (Å²) in [5, 5.41) is 6.32. The molecule has 0 bridgehead atoms. The molecule has 1 aliphatic carbocycles. The Balaban J connectivity index is 2.40. The highest BCUT2D eigenvalue weighted by molar-refractivity contribution is 7.89. The first-order chi connectivity index (χ1) is 9.46. The number of H-pyrrole nitrogens is 1. The number of sulfonamides is 1. The molecule has 3 N–H and O–H groups in total. The summed E-state index contributed by atoms with van der Waals surface area (Å²) in [6, 6.07) is 0. The average molecular weight is 300 g/mol. The average Bonchev–Trinajstić information content (AvgIpc) is 2.93. The van der Waals surface area contributed by atoms with Gasteiger partial charge < -0.3 is 5.73 Å². The van der Waals surface area contributed by atoms with Crippen LogP contribution in [0.3, 0.4) is 0 Å². The van der Waals surface area contributed by atoms with Crippen LogP contribution in [0.15, 0.2) is 17.3 Å². The third-order valence-corrected chi connectivity index (χ3v) is 6.37.